The maximum Gasteiger partial charge on any atom is 0.268 e. The van der Waals surface area contributed by atoms with Crippen molar-refractivity contribution in [1.29, 1.82) is 0 Å². The summed E-state index contributed by atoms with van der Waals surface area (Å²) in [5.41, 5.74) is -0.398. The van der Waals surface area contributed by atoms with E-state index in [0.717, 1.165) is 20.1 Å². The van der Waals surface area contributed by atoms with Crippen LogP contribution in [0, 0.1) is 5.82 Å². The molecule has 0 aliphatic rings. The van der Waals surface area contributed by atoms with Gasteiger partial charge in [-0.05, 0) is 72.8 Å². The molecule has 206 valence electrons. The third-order valence-corrected chi connectivity index (χ3v) is 10.2. The predicted molar refractivity (Wildman–Crippen MR) is 152 cm³/mol. The molecule has 0 unspecified atom stereocenters. The number of methoxy groups -OCH3 is 1. The van der Waals surface area contributed by atoms with Crippen LogP contribution in [0.4, 0.5) is 4.39 Å². The molecule has 0 saturated heterocycles. The molecule has 2 heterocycles. The SMILES string of the molecule is COc1ccc2c(c1)cc(C(=O)c1cc3cc(F)ccc3n1S(=O)(=O)c1ccccc1)n2S(=O)(=O)c1ccccc1. The summed E-state index contributed by atoms with van der Waals surface area (Å²) in [6.45, 7) is 0. The second-order valence-electron chi connectivity index (χ2n) is 9.18. The summed E-state index contributed by atoms with van der Waals surface area (Å²) in [4.78, 5) is 14.2. The second-order valence-corrected chi connectivity index (χ2v) is 12.8. The fourth-order valence-corrected chi connectivity index (χ4v) is 7.88. The van der Waals surface area contributed by atoms with Crippen molar-refractivity contribution >= 4 is 47.6 Å². The number of hydrogen-bond acceptors (Lipinski definition) is 6. The van der Waals surface area contributed by atoms with Gasteiger partial charge in [0, 0.05) is 10.8 Å². The maximum atomic E-state index is 14.3. The molecule has 8 nitrogen and oxygen atoms in total. The number of aromatic nitrogens is 2. The average Bonchev–Trinajstić information content (AvgIpc) is 3.56. The van der Waals surface area contributed by atoms with Crippen LogP contribution in [0.1, 0.15) is 16.2 Å². The standard InChI is InChI=1S/C30H21FN2O6S2/c1-39-23-13-15-27-21(17-23)19-29(33(27)41(37,38)25-10-6-3-7-11-25)30(34)28-18-20-16-22(31)12-14-26(20)32(28)40(35,36)24-8-4-2-5-9-24/h2-19H,1H3. The van der Waals surface area contributed by atoms with Crippen LogP contribution in [0.15, 0.2) is 119 Å². The molecule has 6 aromatic rings. The third kappa shape index (κ3) is 4.30. The summed E-state index contributed by atoms with van der Waals surface area (Å²) < 4.78 is 76.9. The topological polar surface area (TPSA) is 104 Å². The first-order valence-electron chi connectivity index (χ1n) is 12.3. The van der Waals surface area contributed by atoms with E-state index in [0.29, 0.717) is 11.1 Å². The highest BCUT2D eigenvalue weighted by Gasteiger charge is 2.32. The first-order chi connectivity index (χ1) is 19.6. The van der Waals surface area contributed by atoms with Gasteiger partial charge in [0.15, 0.2) is 0 Å². The molecule has 0 atom stereocenters. The summed E-state index contributed by atoms with van der Waals surface area (Å²) >= 11 is 0. The molecule has 4 aromatic carbocycles. The molecule has 0 spiro atoms. The lowest BCUT2D eigenvalue weighted by Crippen LogP contribution is -2.23. The molecule has 0 aliphatic carbocycles. The molecule has 2 aromatic heterocycles. The van der Waals surface area contributed by atoms with Gasteiger partial charge in [-0.1, -0.05) is 36.4 Å². The van der Waals surface area contributed by atoms with E-state index in [2.05, 4.69) is 0 Å². The number of benzene rings is 4. The van der Waals surface area contributed by atoms with Crippen LogP contribution < -0.4 is 4.74 Å². The summed E-state index contributed by atoms with van der Waals surface area (Å²) in [5.74, 6) is -1.09. The van der Waals surface area contributed by atoms with E-state index in [1.807, 2.05) is 0 Å². The lowest BCUT2D eigenvalue weighted by atomic mass is 10.2. The largest absolute Gasteiger partial charge is 0.497 e. The molecule has 6 rings (SSSR count). The quantitative estimate of drug-likeness (QED) is 0.230. The Labute approximate surface area is 234 Å². The van der Waals surface area contributed by atoms with Gasteiger partial charge >= 0.3 is 0 Å². The minimum Gasteiger partial charge on any atom is -0.497 e. The van der Waals surface area contributed by atoms with Crippen molar-refractivity contribution in [3.63, 3.8) is 0 Å². The molecule has 0 aliphatic heterocycles. The van der Waals surface area contributed by atoms with E-state index in [9.17, 15) is 26.0 Å². The van der Waals surface area contributed by atoms with E-state index in [1.54, 1.807) is 36.4 Å². The Morgan fingerprint density at radius 3 is 1.59 bits per heavy atom. The maximum absolute atomic E-state index is 14.3. The van der Waals surface area contributed by atoms with Gasteiger partial charge in [-0.3, -0.25) is 4.79 Å². The van der Waals surface area contributed by atoms with Crippen molar-refractivity contribution in [2.75, 3.05) is 7.11 Å². The van der Waals surface area contributed by atoms with Gasteiger partial charge in [-0.2, -0.15) is 0 Å². The first kappa shape index (κ1) is 26.5. The minimum atomic E-state index is -4.37. The monoisotopic (exact) mass is 588 g/mol. The Morgan fingerprint density at radius 2 is 1.10 bits per heavy atom. The molecule has 11 heteroatoms. The van der Waals surface area contributed by atoms with Crippen LogP contribution in [0.5, 0.6) is 5.75 Å². The lowest BCUT2D eigenvalue weighted by Gasteiger charge is -2.14. The molecule has 0 bridgehead atoms. The van der Waals surface area contributed by atoms with Crippen molar-refractivity contribution in [2.24, 2.45) is 0 Å². The molecule has 0 N–H and O–H groups in total. The fraction of sp³-hybridized carbons (Fsp3) is 0.0333. The number of carbonyl (C=O) groups excluding carboxylic acids is 1. The van der Waals surface area contributed by atoms with Gasteiger partial charge in [0.1, 0.15) is 23.0 Å². The summed E-state index contributed by atoms with van der Waals surface area (Å²) in [5, 5.41) is 0.537. The smallest absolute Gasteiger partial charge is 0.268 e. The van der Waals surface area contributed by atoms with Gasteiger partial charge in [-0.15, -0.1) is 0 Å². The number of rotatable bonds is 7. The predicted octanol–water partition coefficient (Wildman–Crippen LogP) is 5.45. The molecule has 0 amide bonds. The first-order valence-corrected chi connectivity index (χ1v) is 15.2. The Hall–Kier alpha value is -4.74. The van der Waals surface area contributed by atoms with Crippen molar-refractivity contribution in [1.82, 2.24) is 7.94 Å². The Balaban J connectivity index is 1.67. The van der Waals surface area contributed by atoms with Crippen LogP contribution >= 0.6 is 0 Å². The Morgan fingerprint density at radius 1 is 0.634 bits per heavy atom. The number of ether oxygens (including phenoxy) is 1. The van der Waals surface area contributed by atoms with Gasteiger partial charge in [0.05, 0.1) is 27.9 Å². The summed E-state index contributed by atoms with van der Waals surface area (Å²) in [7, 11) is -7.24. The van der Waals surface area contributed by atoms with E-state index in [1.165, 1.54) is 67.8 Å². The van der Waals surface area contributed by atoms with Gasteiger partial charge in [-0.25, -0.2) is 29.2 Å². The normalized spacial score (nSPS) is 12.1. The van der Waals surface area contributed by atoms with Crippen molar-refractivity contribution < 1.29 is 30.8 Å². The Bertz CT molecular complexity index is 2190. The highest BCUT2D eigenvalue weighted by Crippen LogP contribution is 2.33. The van der Waals surface area contributed by atoms with Crippen molar-refractivity contribution in [2.45, 2.75) is 9.79 Å². The molecule has 0 saturated carbocycles. The molecular weight excluding hydrogens is 567 g/mol. The third-order valence-electron chi connectivity index (χ3n) is 6.71. The zero-order chi connectivity index (χ0) is 28.9. The number of hydrogen-bond donors (Lipinski definition) is 0. The van der Waals surface area contributed by atoms with Gasteiger partial charge < -0.3 is 4.74 Å². The minimum absolute atomic E-state index is 0.0637. The van der Waals surface area contributed by atoms with Crippen LogP contribution in [0.2, 0.25) is 0 Å². The van der Waals surface area contributed by atoms with Gasteiger partial charge in [0.2, 0.25) is 5.78 Å². The average molecular weight is 589 g/mol. The van der Waals surface area contributed by atoms with Crippen LogP contribution in [0.3, 0.4) is 0 Å². The number of halogens is 1. The van der Waals surface area contributed by atoms with Crippen molar-refractivity contribution in [3.05, 3.63) is 126 Å². The molecule has 0 radical (unpaired) electrons. The number of ketones is 1. The summed E-state index contributed by atoms with van der Waals surface area (Å²) in [6.07, 6.45) is 0. The Kier molecular flexibility index (Phi) is 6.28. The van der Waals surface area contributed by atoms with Crippen molar-refractivity contribution in [3.8, 4) is 5.75 Å². The van der Waals surface area contributed by atoms with Crippen LogP contribution in [0.25, 0.3) is 21.8 Å². The van der Waals surface area contributed by atoms with E-state index in [4.69, 9.17) is 4.74 Å². The van der Waals surface area contributed by atoms with Gasteiger partial charge in [0.25, 0.3) is 20.0 Å². The second kappa shape index (κ2) is 9.72. The highest BCUT2D eigenvalue weighted by atomic mass is 32.2. The number of carbonyl (C=O) groups is 1. The number of nitrogens with zero attached hydrogens (tertiary/aromatic N) is 2. The number of fused-ring (bicyclic) bond motifs is 2. The van der Waals surface area contributed by atoms with Crippen LogP contribution in [-0.2, 0) is 20.0 Å². The zero-order valence-electron chi connectivity index (χ0n) is 21.4. The summed E-state index contributed by atoms with van der Waals surface area (Å²) in [6, 6.07) is 25.8. The molecular formula is C30H21FN2O6S2. The fourth-order valence-electron chi connectivity index (χ4n) is 4.82. The lowest BCUT2D eigenvalue weighted by molar-refractivity contribution is 0.102. The van der Waals surface area contributed by atoms with Crippen LogP contribution in [-0.4, -0.2) is 37.7 Å². The van der Waals surface area contributed by atoms with E-state index < -0.39 is 31.6 Å². The molecule has 41 heavy (non-hydrogen) atoms. The molecule has 0 fully saturated rings. The van der Waals surface area contributed by atoms with E-state index in [-0.39, 0.29) is 37.6 Å². The highest BCUT2D eigenvalue weighted by molar-refractivity contribution is 7.90. The van der Waals surface area contributed by atoms with E-state index >= 15 is 0 Å². The zero-order valence-corrected chi connectivity index (χ0v) is 23.1.